The summed E-state index contributed by atoms with van der Waals surface area (Å²) in [6, 6.07) is 5.77. The highest BCUT2D eigenvalue weighted by atomic mass is 19.1. The Balaban J connectivity index is 1.81. The maximum Gasteiger partial charge on any atom is 0.311 e. The van der Waals surface area contributed by atoms with Crippen molar-refractivity contribution in [3.8, 4) is 5.75 Å². The Bertz CT molecular complexity index is 647. The van der Waals surface area contributed by atoms with Crippen molar-refractivity contribution >= 4 is 11.9 Å². The molecule has 1 aromatic carbocycles. The number of halogens is 1. The number of unbranched alkanes of at least 4 members (excludes halogenated alkanes) is 15. The van der Waals surface area contributed by atoms with Crippen LogP contribution in [0.25, 0.3) is 0 Å². The largest absolute Gasteiger partial charge is 0.466 e. The molecule has 5 heteroatoms. The lowest BCUT2D eigenvalue weighted by atomic mass is 10.0. The van der Waals surface area contributed by atoms with Crippen LogP contribution in [0.15, 0.2) is 24.3 Å². The van der Waals surface area contributed by atoms with Crippen molar-refractivity contribution in [2.75, 3.05) is 6.61 Å². The average Bonchev–Trinajstić information content (AvgIpc) is 2.82. The monoisotopic (exact) mass is 478 g/mol. The van der Waals surface area contributed by atoms with Gasteiger partial charge < -0.3 is 9.47 Å². The molecule has 0 saturated heterocycles. The molecule has 0 atom stereocenters. The Morgan fingerprint density at radius 1 is 0.647 bits per heavy atom. The quantitative estimate of drug-likeness (QED) is 0.0950. The van der Waals surface area contributed by atoms with E-state index in [-0.39, 0.29) is 24.6 Å². The summed E-state index contributed by atoms with van der Waals surface area (Å²) in [6.07, 6.45) is 21.6. The Labute approximate surface area is 207 Å². The summed E-state index contributed by atoms with van der Waals surface area (Å²) in [7, 11) is 0. The molecular formula is C29H47FO4. The van der Waals surface area contributed by atoms with Gasteiger partial charge in [0.15, 0.2) is 11.6 Å². The first-order valence-corrected chi connectivity index (χ1v) is 13.7. The molecule has 0 radical (unpaired) electrons. The van der Waals surface area contributed by atoms with Crippen molar-refractivity contribution in [2.24, 2.45) is 0 Å². The van der Waals surface area contributed by atoms with Gasteiger partial charge in [-0.2, -0.15) is 0 Å². The molecule has 0 bridgehead atoms. The Morgan fingerprint density at radius 3 is 1.65 bits per heavy atom. The first kappa shape index (κ1) is 30.1. The molecule has 0 fully saturated rings. The van der Waals surface area contributed by atoms with Crippen LogP contribution in [0.3, 0.4) is 0 Å². The SMILES string of the molecule is CCCCCCCCCCCCCCCCCCOC(=O)CCCC(=O)Oc1ccccc1F. The summed E-state index contributed by atoms with van der Waals surface area (Å²) in [5.41, 5.74) is 0. The summed E-state index contributed by atoms with van der Waals surface area (Å²) < 4.78 is 23.6. The molecule has 0 spiro atoms. The fourth-order valence-electron chi connectivity index (χ4n) is 3.99. The number of carbonyl (C=O) groups excluding carboxylic acids is 2. The first-order valence-electron chi connectivity index (χ1n) is 13.7. The van der Waals surface area contributed by atoms with Crippen molar-refractivity contribution < 1.29 is 23.5 Å². The van der Waals surface area contributed by atoms with Crippen LogP contribution in [0.5, 0.6) is 5.75 Å². The van der Waals surface area contributed by atoms with Gasteiger partial charge in [-0.3, -0.25) is 9.59 Å². The van der Waals surface area contributed by atoms with Crippen LogP contribution in [0.4, 0.5) is 4.39 Å². The van der Waals surface area contributed by atoms with Gasteiger partial charge in [-0.1, -0.05) is 115 Å². The van der Waals surface area contributed by atoms with Crippen LogP contribution in [0, 0.1) is 5.82 Å². The number of carbonyl (C=O) groups is 2. The third kappa shape index (κ3) is 17.6. The van der Waals surface area contributed by atoms with E-state index in [9.17, 15) is 14.0 Å². The van der Waals surface area contributed by atoms with Gasteiger partial charge in [0.1, 0.15) is 0 Å². The summed E-state index contributed by atoms with van der Waals surface area (Å²) in [6.45, 7) is 2.71. The topological polar surface area (TPSA) is 52.6 Å². The van der Waals surface area contributed by atoms with E-state index in [4.69, 9.17) is 9.47 Å². The molecule has 0 unspecified atom stereocenters. The maximum absolute atomic E-state index is 13.4. The van der Waals surface area contributed by atoms with E-state index in [2.05, 4.69) is 6.92 Å². The van der Waals surface area contributed by atoms with Gasteiger partial charge in [-0.15, -0.1) is 0 Å². The number of hydrogen-bond donors (Lipinski definition) is 0. The minimum absolute atomic E-state index is 0.0580. The zero-order valence-electron chi connectivity index (χ0n) is 21.5. The molecule has 1 aromatic rings. The van der Waals surface area contributed by atoms with E-state index in [1.54, 1.807) is 6.07 Å². The zero-order chi connectivity index (χ0) is 24.7. The minimum Gasteiger partial charge on any atom is -0.466 e. The van der Waals surface area contributed by atoms with Crippen LogP contribution in [0.1, 0.15) is 129 Å². The van der Waals surface area contributed by atoms with Gasteiger partial charge in [-0.05, 0) is 25.0 Å². The number of para-hydroxylation sites is 1. The lowest BCUT2D eigenvalue weighted by Gasteiger charge is -2.06. The van der Waals surface area contributed by atoms with Crippen molar-refractivity contribution in [1.29, 1.82) is 0 Å². The molecule has 0 heterocycles. The third-order valence-corrected chi connectivity index (χ3v) is 6.08. The van der Waals surface area contributed by atoms with E-state index < -0.39 is 11.8 Å². The number of hydrogen-bond acceptors (Lipinski definition) is 4. The number of rotatable bonds is 22. The smallest absolute Gasteiger partial charge is 0.311 e. The van der Waals surface area contributed by atoms with E-state index in [0.717, 1.165) is 12.8 Å². The lowest BCUT2D eigenvalue weighted by Crippen LogP contribution is -2.11. The second-order valence-electron chi connectivity index (χ2n) is 9.28. The van der Waals surface area contributed by atoms with Crippen LogP contribution >= 0.6 is 0 Å². The molecule has 0 aliphatic carbocycles. The highest BCUT2D eigenvalue weighted by molar-refractivity contribution is 5.74. The van der Waals surface area contributed by atoms with Gasteiger partial charge in [0, 0.05) is 12.8 Å². The van der Waals surface area contributed by atoms with Gasteiger partial charge >= 0.3 is 11.9 Å². The first-order chi connectivity index (χ1) is 16.6. The van der Waals surface area contributed by atoms with E-state index in [1.807, 2.05) is 0 Å². The fraction of sp³-hybridized carbons (Fsp3) is 0.724. The molecule has 0 N–H and O–H groups in total. The fourth-order valence-corrected chi connectivity index (χ4v) is 3.99. The Hall–Kier alpha value is -1.91. The summed E-state index contributed by atoms with van der Waals surface area (Å²) >= 11 is 0. The number of ether oxygens (including phenoxy) is 2. The molecule has 194 valence electrons. The van der Waals surface area contributed by atoms with Crippen LogP contribution in [0.2, 0.25) is 0 Å². The summed E-state index contributed by atoms with van der Waals surface area (Å²) in [5.74, 6) is -1.50. The number of benzene rings is 1. The standard InChI is InChI=1S/C29H47FO4/c1-2-3-4-5-6-7-8-9-10-11-12-13-14-15-16-19-25-33-28(31)23-20-24-29(32)34-27-22-18-17-21-26(27)30/h17-18,21-22H,2-16,19-20,23-25H2,1H3. The van der Waals surface area contributed by atoms with Crippen molar-refractivity contribution in [1.82, 2.24) is 0 Å². The van der Waals surface area contributed by atoms with E-state index >= 15 is 0 Å². The molecular weight excluding hydrogens is 431 g/mol. The average molecular weight is 479 g/mol. The van der Waals surface area contributed by atoms with Crippen LogP contribution < -0.4 is 4.74 Å². The van der Waals surface area contributed by atoms with Crippen molar-refractivity contribution in [3.05, 3.63) is 30.1 Å². The Kier molecular flexibility index (Phi) is 19.1. The van der Waals surface area contributed by atoms with Crippen LogP contribution in [-0.2, 0) is 14.3 Å². The molecule has 0 amide bonds. The van der Waals surface area contributed by atoms with E-state index in [0.29, 0.717) is 13.0 Å². The molecule has 0 aliphatic heterocycles. The second-order valence-corrected chi connectivity index (χ2v) is 9.28. The molecule has 34 heavy (non-hydrogen) atoms. The van der Waals surface area contributed by atoms with E-state index in [1.165, 1.54) is 108 Å². The van der Waals surface area contributed by atoms with Gasteiger partial charge in [0.2, 0.25) is 0 Å². The molecule has 4 nitrogen and oxygen atoms in total. The van der Waals surface area contributed by atoms with Gasteiger partial charge in [-0.25, -0.2) is 4.39 Å². The predicted octanol–water partition coefficient (Wildman–Crippen LogP) is 8.71. The highest BCUT2D eigenvalue weighted by Gasteiger charge is 2.10. The van der Waals surface area contributed by atoms with Gasteiger partial charge in [0.25, 0.3) is 0 Å². The van der Waals surface area contributed by atoms with Gasteiger partial charge in [0.05, 0.1) is 6.61 Å². The zero-order valence-corrected chi connectivity index (χ0v) is 21.5. The molecule has 0 saturated carbocycles. The van der Waals surface area contributed by atoms with Crippen LogP contribution in [-0.4, -0.2) is 18.5 Å². The Morgan fingerprint density at radius 2 is 1.12 bits per heavy atom. The maximum atomic E-state index is 13.4. The van der Waals surface area contributed by atoms with Crippen molar-refractivity contribution in [3.63, 3.8) is 0 Å². The van der Waals surface area contributed by atoms with Crippen molar-refractivity contribution in [2.45, 2.75) is 129 Å². The molecule has 0 aliphatic rings. The molecule has 1 rings (SSSR count). The highest BCUT2D eigenvalue weighted by Crippen LogP contribution is 2.17. The third-order valence-electron chi connectivity index (χ3n) is 6.08. The molecule has 0 aromatic heterocycles. The summed E-state index contributed by atoms with van der Waals surface area (Å²) in [5, 5.41) is 0. The number of esters is 2. The summed E-state index contributed by atoms with van der Waals surface area (Å²) in [4.78, 5) is 23.5. The second kappa shape index (κ2) is 21.6. The normalized spacial score (nSPS) is 10.9. The minimum atomic E-state index is -0.575. The lowest BCUT2D eigenvalue weighted by molar-refractivity contribution is -0.144. The predicted molar refractivity (Wildman–Crippen MR) is 136 cm³/mol.